The van der Waals surface area contributed by atoms with Crippen molar-refractivity contribution in [3.05, 3.63) is 35.9 Å². The van der Waals surface area contributed by atoms with E-state index in [0.717, 1.165) is 24.8 Å². The molecular weight excluding hydrogens is 671 g/mol. The first-order valence-corrected chi connectivity index (χ1v) is 18.7. The highest BCUT2D eigenvalue weighted by atomic mass is 19.1. The summed E-state index contributed by atoms with van der Waals surface area (Å²) >= 11 is 0. The van der Waals surface area contributed by atoms with Gasteiger partial charge in [0.1, 0.15) is 12.2 Å². The summed E-state index contributed by atoms with van der Waals surface area (Å²) in [4.78, 5) is 68.8. The van der Waals surface area contributed by atoms with Crippen LogP contribution in [0.25, 0.3) is 0 Å². The van der Waals surface area contributed by atoms with Crippen LogP contribution in [-0.2, 0) is 39.9 Å². The number of alkyl halides is 1. The van der Waals surface area contributed by atoms with Gasteiger partial charge in [-0.05, 0) is 23.8 Å². The van der Waals surface area contributed by atoms with E-state index in [-0.39, 0.29) is 61.9 Å². The number of amides is 4. The minimum atomic E-state index is -1.36. The van der Waals surface area contributed by atoms with Gasteiger partial charge in [-0.25, -0.2) is 9.18 Å². The zero-order chi connectivity index (χ0) is 39.1. The monoisotopic (exact) mass is 734 g/mol. The molecule has 0 aliphatic carbocycles. The largest absolute Gasteiger partial charge is 0.480 e. The van der Waals surface area contributed by atoms with Gasteiger partial charge < -0.3 is 35.0 Å². The van der Waals surface area contributed by atoms with Crippen LogP contribution in [-0.4, -0.2) is 115 Å². The second-order valence-electron chi connectivity index (χ2n) is 14.6. The van der Waals surface area contributed by atoms with E-state index >= 15 is 4.39 Å². The van der Waals surface area contributed by atoms with Crippen LogP contribution in [0.15, 0.2) is 30.3 Å². The molecule has 0 bridgehead atoms. The first kappa shape index (κ1) is 44.6. The molecule has 3 N–H and O–H groups in total. The molecule has 12 nitrogen and oxygen atoms in total. The number of aliphatic carboxylic acids is 1. The van der Waals surface area contributed by atoms with Crippen LogP contribution in [0.2, 0.25) is 0 Å². The smallest absolute Gasteiger partial charge is 0.326 e. The third kappa shape index (κ3) is 12.5. The van der Waals surface area contributed by atoms with Gasteiger partial charge in [-0.1, -0.05) is 91.1 Å². The fraction of sp³-hybridized carbons (Fsp3) is 0.718. The summed E-state index contributed by atoms with van der Waals surface area (Å²) in [5.74, 6) is -3.76. The number of carbonyl (C=O) groups is 5. The van der Waals surface area contributed by atoms with Crippen LogP contribution in [0, 0.1) is 23.7 Å². The predicted molar refractivity (Wildman–Crippen MR) is 197 cm³/mol. The van der Waals surface area contributed by atoms with Crippen molar-refractivity contribution in [3.8, 4) is 0 Å². The van der Waals surface area contributed by atoms with Crippen molar-refractivity contribution in [2.75, 3.05) is 34.4 Å². The van der Waals surface area contributed by atoms with Gasteiger partial charge in [-0.2, -0.15) is 0 Å². The Bertz CT molecular complexity index is 1300. The first-order chi connectivity index (χ1) is 24.6. The van der Waals surface area contributed by atoms with Gasteiger partial charge in [-0.15, -0.1) is 0 Å². The summed E-state index contributed by atoms with van der Waals surface area (Å²) in [7, 11) is 4.48. The lowest BCUT2D eigenvalue weighted by atomic mass is 9.89. The fourth-order valence-corrected chi connectivity index (χ4v) is 7.26. The van der Waals surface area contributed by atoms with Gasteiger partial charge in [0.05, 0.1) is 49.7 Å². The minimum Gasteiger partial charge on any atom is -0.480 e. The van der Waals surface area contributed by atoms with Crippen molar-refractivity contribution >= 4 is 29.6 Å². The Balaban J connectivity index is 2.20. The van der Waals surface area contributed by atoms with E-state index in [0.29, 0.717) is 6.42 Å². The summed E-state index contributed by atoms with van der Waals surface area (Å²) in [6, 6.07) is 6.39. The maximum absolute atomic E-state index is 15.1. The first-order valence-electron chi connectivity index (χ1n) is 18.7. The van der Waals surface area contributed by atoms with E-state index in [2.05, 4.69) is 17.6 Å². The van der Waals surface area contributed by atoms with E-state index in [9.17, 15) is 29.1 Å². The van der Waals surface area contributed by atoms with Crippen LogP contribution in [0.1, 0.15) is 85.6 Å². The normalized spacial score (nSPS) is 19.9. The lowest BCUT2D eigenvalue weighted by Crippen LogP contribution is -2.55. The number of nitrogens with zero attached hydrogens (tertiary/aromatic N) is 2. The van der Waals surface area contributed by atoms with E-state index in [1.54, 1.807) is 38.2 Å². The molecule has 1 aromatic rings. The van der Waals surface area contributed by atoms with Crippen molar-refractivity contribution in [2.24, 2.45) is 23.7 Å². The highest BCUT2D eigenvalue weighted by Gasteiger charge is 2.45. The van der Waals surface area contributed by atoms with Crippen LogP contribution in [0.4, 0.5) is 4.39 Å². The van der Waals surface area contributed by atoms with Crippen LogP contribution in [0.3, 0.4) is 0 Å². The number of likely N-dealkylation sites (tertiary alicyclic amines) is 1. The number of likely N-dealkylation sites (N-methyl/N-ethyl adjacent to an activating group) is 1. The molecule has 0 aromatic heterocycles. The summed E-state index contributed by atoms with van der Waals surface area (Å²) in [5.41, 5.74) is 0.738. The Labute approximate surface area is 309 Å². The van der Waals surface area contributed by atoms with Gasteiger partial charge in [0, 0.05) is 40.0 Å². The molecule has 1 saturated heterocycles. The number of benzene rings is 1. The molecule has 4 amide bonds. The number of hydrogen-bond acceptors (Lipinski definition) is 7. The molecule has 1 aliphatic rings. The van der Waals surface area contributed by atoms with Crippen molar-refractivity contribution in [1.82, 2.24) is 20.4 Å². The zero-order valence-corrected chi connectivity index (χ0v) is 32.6. The van der Waals surface area contributed by atoms with E-state index < -0.39 is 60.2 Å². The number of nitrogens with one attached hydrogen (secondary N) is 2. The third-order valence-electron chi connectivity index (χ3n) is 10.6. The number of carbonyl (C=O) groups excluding carboxylic acids is 4. The molecule has 294 valence electrons. The molecule has 52 heavy (non-hydrogen) atoms. The molecule has 13 heteroatoms. The summed E-state index contributed by atoms with van der Waals surface area (Å²) in [6.07, 6.45) is 0.109. The molecule has 1 fully saturated rings. The van der Waals surface area contributed by atoms with Gasteiger partial charge in [0.15, 0.2) is 0 Å². The Kier molecular flexibility index (Phi) is 18.7. The number of rotatable bonds is 22. The molecule has 0 saturated carbocycles. The molecule has 1 unspecified atom stereocenters. The lowest BCUT2D eigenvalue weighted by Gasteiger charge is -2.39. The van der Waals surface area contributed by atoms with E-state index in [1.807, 2.05) is 33.8 Å². The standard InChI is InChI=1S/C39H63FN4O8/c1-10-12-18-29(24(3)4)38(48)41-22-34(46)43(7)35(25(5)11-2)32(51-8)21-33(45)44-23-28(40)20-31(44)36(52-9)26(6)37(47)42-30(39(49)50)19-27-16-14-13-15-17-27/h13-17,24-26,28-32,35-36H,10-12,18-23H2,1-9H3,(H,41,48)(H,42,47)(H,49,50)/t25-,26+,28-,29-,30-,31-,32+,35-,36?/m0/s1. The molecule has 0 spiro atoms. The molecule has 1 heterocycles. The van der Waals surface area contributed by atoms with Crippen molar-refractivity contribution in [2.45, 2.75) is 123 Å². The van der Waals surface area contributed by atoms with Crippen molar-refractivity contribution in [1.29, 1.82) is 0 Å². The Hall–Kier alpha value is -3.58. The van der Waals surface area contributed by atoms with Crippen LogP contribution < -0.4 is 10.6 Å². The third-order valence-corrected chi connectivity index (χ3v) is 10.6. The second-order valence-corrected chi connectivity index (χ2v) is 14.6. The Morgan fingerprint density at radius 3 is 2.21 bits per heavy atom. The number of carboxylic acid groups (broad SMARTS) is 1. The van der Waals surface area contributed by atoms with Crippen LogP contribution in [0.5, 0.6) is 0 Å². The quantitative estimate of drug-likeness (QED) is 0.160. The molecule has 9 atom stereocenters. The number of carboxylic acids is 1. The topological polar surface area (TPSA) is 155 Å². The number of ether oxygens (including phenoxy) is 2. The molecule has 1 aromatic carbocycles. The number of unbranched alkanes of at least 4 members (excludes halogenated alkanes) is 1. The minimum absolute atomic E-state index is 0.0611. The fourth-order valence-electron chi connectivity index (χ4n) is 7.26. The van der Waals surface area contributed by atoms with Crippen molar-refractivity contribution < 1.29 is 42.9 Å². The second kappa shape index (κ2) is 21.8. The van der Waals surface area contributed by atoms with Crippen LogP contribution >= 0.6 is 0 Å². The maximum Gasteiger partial charge on any atom is 0.326 e. The SMILES string of the molecule is CCCC[C@H](C(=O)NCC(=O)N(C)[C@@H]([C@@H](C)CC)[C@@H](CC(=O)N1C[C@@H](F)C[C@H]1C(OC)[C@@H](C)C(=O)N[C@@H](Cc1ccccc1)C(=O)O)OC)C(C)C. The van der Waals surface area contributed by atoms with Gasteiger partial charge in [0.25, 0.3) is 0 Å². The highest BCUT2D eigenvalue weighted by Crippen LogP contribution is 2.31. The van der Waals surface area contributed by atoms with Gasteiger partial charge >= 0.3 is 5.97 Å². The Morgan fingerprint density at radius 2 is 1.67 bits per heavy atom. The maximum atomic E-state index is 15.1. The van der Waals surface area contributed by atoms with E-state index in [4.69, 9.17) is 9.47 Å². The predicted octanol–water partition coefficient (Wildman–Crippen LogP) is 4.25. The number of halogens is 1. The van der Waals surface area contributed by atoms with Gasteiger partial charge in [-0.3, -0.25) is 19.2 Å². The molecule has 1 aliphatic heterocycles. The number of hydrogen-bond donors (Lipinski definition) is 3. The van der Waals surface area contributed by atoms with Crippen molar-refractivity contribution in [3.63, 3.8) is 0 Å². The van der Waals surface area contributed by atoms with E-state index in [1.165, 1.54) is 24.0 Å². The lowest BCUT2D eigenvalue weighted by molar-refractivity contribution is -0.147. The van der Waals surface area contributed by atoms with Gasteiger partial charge in [0.2, 0.25) is 23.6 Å². The average Bonchev–Trinajstić information content (AvgIpc) is 3.51. The molecular formula is C39H63FN4O8. The highest BCUT2D eigenvalue weighted by molar-refractivity contribution is 5.87. The molecule has 2 rings (SSSR count). The Morgan fingerprint density at radius 1 is 1.02 bits per heavy atom. The molecule has 0 radical (unpaired) electrons. The summed E-state index contributed by atoms with van der Waals surface area (Å²) in [6.45, 7) is 11.2. The average molecular weight is 735 g/mol. The number of methoxy groups -OCH3 is 2. The summed E-state index contributed by atoms with van der Waals surface area (Å²) < 4.78 is 26.7. The zero-order valence-electron chi connectivity index (χ0n) is 32.6. The summed E-state index contributed by atoms with van der Waals surface area (Å²) in [5, 5.41) is 15.2.